The van der Waals surface area contributed by atoms with Crippen LogP contribution in [-0.4, -0.2) is 26.5 Å². The van der Waals surface area contributed by atoms with Gasteiger partial charge in [-0.2, -0.15) is 0 Å². The van der Waals surface area contributed by atoms with E-state index in [9.17, 15) is 4.79 Å². The van der Waals surface area contributed by atoms with E-state index in [4.69, 9.17) is 4.74 Å². The number of methoxy groups -OCH3 is 1. The molecule has 1 unspecified atom stereocenters. The molecule has 1 atom stereocenters. The third-order valence-electron chi connectivity index (χ3n) is 2.94. The van der Waals surface area contributed by atoms with E-state index >= 15 is 0 Å². The molecule has 2 rings (SSSR count). The van der Waals surface area contributed by atoms with Crippen LogP contribution in [0.5, 0.6) is 5.75 Å². The van der Waals surface area contributed by atoms with Crippen molar-refractivity contribution in [2.24, 2.45) is 0 Å². The Morgan fingerprint density at radius 3 is 3.00 bits per heavy atom. The zero-order chi connectivity index (χ0) is 10.8. The van der Waals surface area contributed by atoms with Crippen molar-refractivity contribution >= 4 is 12.0 Å². The average molecular weight is 205 g/mol. The summed E-state index contributed by atoms with van der Waals surface area (Å²) in [6.45, 7) is 3.79. The van der Waals surface area contributed by atoms with E-state index in [0.29, 0.717) is 0 Å². The molecule has 0 bridgehead atoms. The van der Waals surface area contributed by atoms with Crippen molar-refractivity contribution in [3.63, 3.8) is 0 Å². The van der Waals surface area contributed by atoms with Gasteiger partial charge in [0.2, 0.25) is 0 Å². The van der Waals surface area contributed by atoms with E-state index in [0.717, 1.165) is 36.4 Å². The van der Waals surface area contributed by atoms with Crippen molar-refractivity contribution in [3.05, 3.63) is 23.8 Å². The second-order valence-corrected chi connectivity index (χ2v) is 3.67. The molecule has 1 aliphatic rings. The molecule has 0 fully saturated rings. The molecular formula is C12H15NO2. The number of likely N-dealkylation sites (N-methyl/N-ethyl adjacent to an activating group) is 1. The molecule has 0 amide bonds. The molecule has 1 aliphatic heterocycles. The lowest BCUT2D eigenvalue weighted by Crippen LogP contribution is -2.21. The van der Waals surface area contributed by atoms with Crippen molar-refractivity contribution in [2.45, 2.75) is 12.8 Å². The van der Waals surface area contributed by atoms with Crippen molar-refractivity contribution in [1.82, 2.24) is 0 Å². The molecule has 0 N–H and O–H groups in total. The van der Waals surface area contributed by atoms with Gasteiger partial charge in [0.25, 0.3) is 0 Å². The zero-order valence-corrected chi connectivity index (χ0v) is 9.06. The SMILES string of the molecule is CCN1CC(C=O)c2c(OC)cccc21. The molecule has 0 saturated carbocycles. The summed E-state index contributed by atoms with van der Waals surface area (Å²) in [6.07, 6.45) is 1.01. The molecule has 0 saturated heterocycles. The number of carbonyl (C=O) groups is 1. The molecule has 3 nitrogen and oxygen atoms in total. The zero-order valence-electron chi connectivity index (χ0n) is 9.06. The summed E-state index contributed by atoms with van der Waals surface area (Å²) in [7, 11) is 1.64. The number of ether oxygens (including phenoxy) is 1. The van der Waals surface area contributed by atoms with Crippen LogP contribution in [0.25, 0.3) is 0 Å². The van der Waals surface area contributed by atoms with Crippen molar-refractivity contribution in [3.8, 4) is 5.75 Å². The van der Waals surface area contributed by atoms with E-state index < -0.39 is 0 Å². The third kappa shape index (κ3) is 1.48. The fraction of sp³-hybridized carbons (Fsp3) is 0.417. The van der Waals surface area contributed by atoms with E-state index in [-0.39, 0.29) is 5.92 Å². The van der Waals surface area contributed by atoms with Gasteiger partial charge in [0, 0.05) is 24.3 Å². The van der Waals surface area contributed by atoms with Gasteiger partial charge in [-0.05, 0) is 19.1 Å². The molecule has 1 heterocycles. The second-order valence-electron chi connectivity index (χ2n) is 3.67. The summed E-state index contributed by atoms with van der Waals surface area (Å²) in [5.74, 6) is 0.775. The number of fused-ring (bicyclic) bond motifs is 1. The van der Waals surface area contributed by atoms with Crippen LogP contribution in [0.1, 0.15) is 18.4 Å². The fourth-order valence-electron chi connectivity index (χ4n) is 2.20. The lowest BCUT2D eigenvalue weighted by Gasteiger charge is -2.16. The minimum Gasteiger partial charge on any atom is -0.496 e. The fourth-order valence-corrected chi connectivity index (χ4v) is 2.20. The summed E-state index contributed by atoms with van der Waals surface area (Å²) in [6, 6.07) is 5.92. The van der Waals surface area contributed by atoms with Gasteiger partial charge in [-0.15, -0.1) is 0 Å². The first-order valence-corrected chi connectivity index (χ1v) is 5.19. The Hall–Kier alpha value is -1.51. The molecule has 0 aliphatic carbocycles. The number of hydrogen-bond donors (Lipinski definition) is 0. The quantitative estimate of drug-likeness (QED) is 0.705. The Labute approximate surface area is 89.7 Å². The van der Waals surface area contributed by atoms with E-state index in [1.165, 1.54) is 0 Å². The van der Waals surface area contributed by atoms with Crippen molar-refractivity contribution < 1.29 is 9.53 Å². The van der Waals surface area contributed by atoms with Gasteiger partial charge in [-0.25, -0.2) is 0 Å². The minimum atomic E-state index is -0.0453. The Bertz CT molecular complexity index is 376. The normalized spacial score (nSPS) is 18.8. The van der Waals surface area contributed by atoms with Crippen LogP contribution in [0.2, 0.25) is 0 Å². The summed E-state index contributed by atoms with van der Waals surface area (Å²) >= 11 is 0. The van der Waals surface area contributed by atoms with Crippen LogP contribution in [0.3, 0.4) is 0 Å². The monoisotopic (exact) mass is 205 g/mol. The van der Waals surface area contributed by atoms with Crippen LogP contribution in [0.15, 0.2) is 18.2 Å². The maximum absolute atomic E-state index is 11.0. The van der Waals surface area contributed by atoms with Crippen LogP contribution in [0.4, 0.5) is 5.69 Å². The number of hydrogen-bond acceptors (Lipinski definition) is 3. The first kappa shape index (κ1) is 10.0. The predicted molar refractivity (Wildman–Crippen MR) is 59.7 cm³/mol. The maximum atomic E-state index is 11.0. The number of anilines is 1. The van der Waals surface area contributed by atoms with Gasteiger partial charge in [-0.3, -0.25) is 0 Å². The summed E-state index contributed by atoms with van der Waals surface area (Å²) in [4.78, 5) is 13.2. The van der Waals surface area contributed by atoms with Gasteiger partial charge in [0.05, 0.1) is 13.0 Å². The van der Waals surface area contributed by atoms with Crippen LogP contribution < -0.4 is 9.64 Å². The summed E-state index contributed by atoms with van der Waals surface area (Å²) in [5.41, 5.74) is 2.17. The Morgan fingerprint density at radius 2 is 2.40 bits per heavy atom. The van der Waals surface area contributed by atoms with Crippen molar-refractivity contribution in [1.29, 1.82) is 0 Å². The van der Waals surface area contributed by atoms with Crippen LogP contribution >= 0.6 is 0 Å². The highest BCUT2D eigenvalue weighted by molar-refractivity contribution is 5.77. The molecule has 0 aromatic heterocycles. The highest BCUT2D eigenvalue weighted by atomic mass is 16.5. The lowest BCUT2D eigenvalue weighted by molar-refractivity contribution is -0.108. The highest BCUT2D eigenvalue weighted by Crippen LogP contribution is 2.40. The number of benzene rings is 1. The van der Waals surface area contributed by atoms with E-state index in [2.05, 4.69) is 11.8 Å². The lowest BCUT2D eigenvalue weighted by atomic mass is 10.0. The van der Waals surface area contributed by atoms with Gasteiger partial charge in [0.1, 0.15) is 12.0 Å². The van der Waals surface area contributed by atoms with Gasteiger partial charge in [-0.1, -0.05) is 6.07 Å². The van der Waals surface area contributed by atoms with Gasteiger partial charge in [0.15, 0.2) is 0 Å². The standard InChI is InChI=1S/C12H15NO2/c1-3-13-7-9(8-14)12-10(13)5-4-6-11(12)15-2/h4-6,8-9H,3,7H2,1-2H3. The second kappa shape index (κ2) is 3.93. The number of carbonyl (C=O) groups excluding carboxylic acids is 1. The largest absolute Gasteiger partial charge is 0.496 e. The molecule has 0 radical (unpaired) electrons. The smallest absolute Gasteiger partial charge is 0.129 e. The number of aldehydes is 1. The molecule has 1 aromatic carbocycles. The van der Waals surface area contributed by atoms with E-state index in [1.807, 2.05) is 18.2 Å². The van der Waals surface area contributed by atoms with Gasteiger partial charge >= 0.3 is 0 Å². The highest BCUT2D eigenvalue weighted by Gasteiger charge is 2.30. The predicted octanol–water partition coefficient (Wildman–Crippen LogP) is 1.82. The summed E-state index contributed by atoms with van der Waals surface area (Å²) < 4.78 is 5.30. The number of rotatable bonds is 3. The van der Waals surface area contributed by atoms with Crippen molar-refractivity contribution in [2.75, 3.05) is 25.1 Å². The van der Waals surface area contributed by atoms with E-state index in [1.54, 1.807) is 7.11 Å². The third-order valence-corrected chi connectivity index (χ3v) is 2.94. The molecular weight excluding hydrogens is 190 g/mol. The topological polar surface area (TPSA) is 29.5 Å². The Kier molecular flexibility index (Phi) is 2.62. The Morgan fingerprint density at radius 1 is 1.60 bits per heavy atom. The van der Waals surface area contributed by atoms with Gasteiger partial charge < -0.3 is 14.4 Å². The average Bonchev–Trinajstić information content (AvgIpc) is 2.66. The summed E-state index contributed by atoms with van der Waals surface area (Å²) in [5, 5.41) is 0. The molecule has 15 heavy (non-hydrogen) atoms. The molecule has 1 aromatic rings. The van der Waals surface area contributed by atoms with Crippen LogP contribution in [-0.2, 0) is 4.79 Å². The molecule has 3 heteroatoms. The first-order valence-electron chi connectivity index (χ1n) is 5.19. The molecule has 80 valence electrons. The van der Waals surface area contributed by atoms with Crippen LogP contribution in [0, 0.1) is 0 Å². The molecule has 0 spiro atoms. The minimum absolute atomic E-state index is 0.0453. The number of nitrogens with zero attached hydrogens (tertiary/aromatic N) is 1. The Balaban J connectivity index is 2.52. The maximum Gasteiger partial charge on any atom is 0.129 e. The first-order chi connectivity index (χ1) is 7.31.